The van der Waals surface area contributed by atoms with E-state index in [2.05, 4.69) is 114 Å². The van der Waals surface area contributed by atoms with E-state index in [0.29, 0.717) is 0 Å². The average molecular weight is 712 g/mol. The van der Waals surface area contributed by atoms with Crippen LogP contribution in [-0.2, 0) is 25.5 Å². The quantitative estimate of drug-likeness (QED) is 0.132. The minimum atomic E-state index is -0.0630. The van der Waals surface area contributed by atoms with Gasteiger partial charge >= 0.3 is 6.01 Å². The van der Waals surface area contributed by atoms with Crippen LogP contribution in [0.1, 0.15) is 44.7 Å². The number of hydrogen-bond acceptors (Lipinski definition) is 1. The Balaban J connectivity index is 0.000000218. The third-order valence-electron chi connectivity index (χ3n) is 7.73. The van der Waals surface area contributed by atoms with Gasteiger partial charge in [-0.25, -0.2) is 0 Å². The van der Waals surface area contributed by atoms with Gasteiger partial charge in [-0.05, 0) is 28.3 Å². The molecule has 41 heavy (non-hydrogen) atoms. The van der Waals surface area contributed by atoms with E-state index >= 15 is 0 Å². The van der Waals surface area contributed by atoms with Crippen molar-refractivity contribution in [2.24, 2.45) is 0 Å². The van der Waals surface area contributed by atoms with E-state index in [1.165, 1.54) is 40.0 Å². The van der Waals surface area contributed by atoms with E-state index in [1.807, 2.05) is 42.5 Å². The first-order chi connectivity index (χ1) is 19.6. The molecule has 3 nitrogen and oxygen atoms in total. The van der Waals surface area contributed by atoms with Crippen LogP contribution < -0.4 is 4.58 Å². The fourth-order valence-electron chi connectivity index (χ4n) is 5.76. The minimum Gasteiger partial charge on any atom is -0.305 e. The largest absolute Gasteiger partial charge is 0.494 e. The molecule has 0 atom stereocenters. The molecule has 1 aromatic heterocycles. The van der Waals surface area contributed by atoms with Crippen LogP contribution in [0.25, 0.3) is 22.4 Å². The Labute approximate surface area is 256 Å². The number of hydrogen-bond donors (Lipinski definition) is 0. The number of fused-ring (bicyclic) bond motifs is 4. The number of nitrogens with zero attached hydrogens (tertiary/aromatic N) is 3. The van der Waals surface area contributed by atoms with E-state index in [4.69, 9.17) is 0 Å². The Morgan fingerprint density at radius 1 is 0.780 bits per heavy atom. The first kappa shape index (κ1) is 28.6. The van der Waals surface area contributed by atoms with Crippen LogP contribution in [0.2, 0.25) is 0 Å². The molecule has 0 fully saturated rings. The first-order valence-electron chi connectivity index (χ1n) is 14.1. The zero-order valence-corrected chi connectivity index (χ0v) is 26.1. The zero-order chi connectivity index (χ0) is 27.5. The molecule has 0 amide bonds. The van der Waals surface area contributed by atoms with Crippen LogP contribution >= 0.6 is 0 Å². The summed E-state index contributed by atoms with van der Waals surface area (Å²) in [7, 11) is 0. The van der Waals surface area contributed by atoms with Crippen LogP contribution in [0.15, 0.2) is 109 Å². The second kappa shape index (κ2) is 12.3. The molecule has 0 unspecified atom stereocenters. The Hall–Kier alpha value is -3.94. The molecular formula is C37H33IrN3. The monoisotopic (exact) mass is 712 g/mol. The van der Waals surface area contributed by atoms with Crippen LogP contribution in [0.5, 0.6) is 0 Å². The van der Waals surface area contributed by atoms with Gasteiger partial charge in [0.15, 0.2) is 6.54 Å². The molecule has 0 saturated heterocycles. The van der Waals surface area contributed by atoms with Gasteiger partial charge in [-0.15, -0.1) is 47.5 Å². The van der Waals surface area contributed by atoms with E-state index in [9.17, 15) is 0 Å². The Kier molecular flexibility index (Phi) is 8.57. The van der Waals surface area contributed by atoms with Gasteiger partial charge in [0.25, 0.3) is 11.4 Å². The molecule has 1 aliphatic heterocycles. The number of para-hydroxylation sites is 2. The third-order valence-corrected chi connectivity index (χ3v) is 7.73. The predicted molar refractivity (Wildman–Crippen MR) is 164 cm³/mol. The Bertz CT molecular complexity index is 1700. The van der Waals surface area contributed by atoms with Crippen molar-refractivity contribution < 1.29 is 24.7 Å². The van der Waals surface area contributed by atoms with Gasteiger partial charge < -0.3 is 4.98 Å². The Morgan fingerprint density at radius 2 is 1.54 bits per heavy atom. The number of pyridine rings is 1. The molecule has 0 saturated carbocycles. The fraction of sp³-hybridized carbons (Fsp3) is 0.189. The Morgan fingerprint density at radius 3 is 2.29 bits per heavy atom. The van der Waals surface area contributed by atoms with Gasteiger partial charge in [-0.3, -0.25) is 0 Å². The predicted octanol–water partition coefficient (Wildman–Crippen LogP) is 8.81. The maximum atomic E-state index is 4.22. The summed E-state index contributed by atoms with van der Waals surface area (Å²) in [6.45, 7) is 7.87. The van der Waals surface area contributed by atoms with Crippen molar-refractivity contribution in [1.29, 1.82) is 0 Å². The summed E-state index contributed by atoms with van der Waals surface area (Å²) in [4.78, 5) is 4.22. The second-order valence-corrected chi connectivity index (χ2v) is 10.7. The van der Waals surface area contributed by atoms with Gasteiger partial charge in [0.2, 0.25) is 0 Å². The van der Waals surface area contributed by atoms with Crippen molar-refractivity contribution in [1.82, 2.24) is 9.56 Å². The molecule has 0 N–H and O–H groups in total. The molecule has 2 aliphatic rings. The maximum Gasteiger partial charge on any atom is 0.494 e. The van der Waals surface area contributed by atoms with Crippen molar-refractivity contribution >= 4 is 23.1 Å². The molecule has 2 heterocycles. The van der Waals surface area contributed by atoms with Crippen LogP contribution in [-0.4, -0.2) is 22.1 Å². The van der Waals surface area contributed by atoms with E-state index < -0.39 is 0 Å². The zero-order valence-electron chi connectivity index (χ0n) is 23.7. The summed E-state index contributed by atoms with van der Waals surface area (Å²) in [5.41, 5.74) is 10.9. The van der Waals surface area contributed by atoms with Crippen molar-refractivity contribution in [3.63, 3.8) is 0 Å². The van der Waals surface area contributed by atoms with Gasteiger partial charge in [0.05, 0.1) is 0 Å². The van der Waals surface area contributed by atoms with Crippen molar-refractivity contribution in [3.8, 4) is 22.4 Å². The molecule has 7 rings (SSSR count). The smallest absolute Gasteiger partial charge is 0.305 e. The van der Waals surface area contributed by atoms with Gasteiger partial charge in [-0.2, -0.15) is 12.1 Å². The molecule has 0 bridgehead atoms. The SMILES string of the molecule is CCCC[N+]1=C=[N+](c2[c-]ccc3c2C(C)(C)c2ccccc2-3)c2ccccc21.[Ir].[c-]1ccccc1-c1ccccn1. The van der Waals surface area contributed by atoms with E-state index in [0.717, 1.165) is 29.9 Å². The van der Waals surface area contributed by atoms with E-state index in [1.54, 1.807) is 6.20 Å². The van der Waals surface area contributed by atoms with E-state index in [-0.39, 0.29) is 25.5 Å². The number of unbranched alkanes of at least 4 members (excludes halogenated alkanes) is 1. The number of aromatic nitrogens is 1. The molecule has 205 valence electrons. The summed E-state index contributed by atoms with van der Waals surface area (Å²) in [6.07, 6.45) is 4.12. The average Bonchev–Trinajstić information content (AvgIpc) is 3.50. The number of rotatable bonds is 5. The molecule has 0 spiro atoms. The molecule has 1 radical (unpaired) electrons. The molecular weight excluding hydrogens is 679 g/mol. The van der Waals surface area contributed by atoms with Crippen LogP contribution in [0.4, 0.5) is 17.1 Å². The molecule has 4 heteroatoms. The normalized spacial score (nSPS) is 13.4. The summed E-state index contributed by atoms with van der Waals surface area (Å²) < 4.78 is 4.48. The van der Waals surface area contributed by atoms with Gasteiger partial charge in [0, 0.05) is 44.9 Å². The van der Waals surface area contributed by atoms with Crippen LogP contribution in [0.3, 0.4) is 0 Å². The molecule has 1 aliphatic carbocycles. The summed E-state index contributed by atoms with van der Waals surface area (Å²) >= 11 is 0. The second-order valence-electron chi connectivity index (χ2n) is 10.7. The minimum absolute atomic E-state index is 0. The van der Waals surface area contributed by atoms with Crippen molar-refractivity contribution in [2.75, 3.05) is 6.54 Å². The van der Waals surface area contributed by atoms with Gasteiger partial charge in [0.1, 0.15) is 5.69 Å². The standard InChI is InChI=1S/C26H25N2.C11H8N.Ir/c1-4-5-17-27-18-28(23-15-9-8-14-22(23)27)24-16-10-12-20-19-11-6-7-13-21(19)26(2,3)25(20)24;1-2-6-10(7-3-1)11-8-4-5-9-12-11;/h6-15H,4-5,17H2,1-3H3;1-6,8-9H;/q+1;-1;. The van der Waals surface area contributed by atoms with Crippen molar-refractivity contribution in [2.45, 2.75) is 39.0 Å². The first-order valence-corrected chi connectivity index (χ1v) is 14.1. The summed E-state index contributed by atoms with van der Waals surface area (Å²) in [6, 6.07) is 45.7. The van der Waals surface area contributed by atoms with Gasteiger partial charge in [-0.1, -0.05) is 90.4 Å². The van der Waals surface area contributed by atoms with Crippen LogP contribution in [0, 0.1) is 12.1 Å². The third kappa shape index (κ3) is 5.39. The summed E-state index contributed by atoms with van der Waals surface area (Å²) in [5, 5.41) is 0. The topological polar surface area (TPSA) is 18.9 Å². The molecule has 5 aromatic rings. The number of benzene rings is 4. The summed E-state index contributed by atoms with van der Waals surface area (Å²) in [5.74, 6) is 0. The fourth-order valence-corrected chi connectivity index (χ4v) is 5.76. The maximum absolute atomic E-state index is 4.22. The van der Waals surface area contributed by atoms with Crippen molar-refractivity contribution in [3.05, 3.63) is 133 Å². The molecule has 4 aromatic carbocycles.